The van der Waals surface area contributed by atoms with Gasteiger partial charge in [0.25, 0.3) is 5.69 Å². The van der Waals surface area contributed by atoms with Gasteiger partial charge < -0.3 is 5.73 Å². The Morgan fingerprint density at radius 3 is 2.44 bits per heavy atom. The molecule has 0 amide bonds. The predicted octanol–water partition coefficient (Wildman–Crippen LogP) is 2.22. The van der Waals surface area contributed by atoms with Crippen LogP contribution in [0.3, 0.4) is 0 Å². The molecule has 0 fully saturated rings. The average molecular weight is 270 g/mol. The number of nitrogens with two attached hydrogens (primary N) is 1. The van der Waals surface area contributed by atoms with E-state index in [2.05, 4.69) is 0 Å². The van der Waals surface area contributed by atoms with Gasteiger partial charge in [-0.05, 0) is 31.9 Å². The fourth-order valence-corrected chi connectivity index (χ4v) is 2.68. The minimum atomic E-state index is -1.08. The number of non-ortho nitro benzene ring substituents is 1. The van der Waals surface area contributed by atoms with Crippen LogP contribution in [-0.4, -0.2) is 20.9 Å². The van der Waals surface area contributed by atoms with Crippen molar-refractivity contribution in [3.8, 4) is 0 Å². The molecule has 0 bridgehead atoms. The molecule has 5 nitrogen and oxygen atoms in total. The second-order valence-electron chi connectivity index (χ2n) is 4.27. The van der Waals surface area contributed by atoms with Crippen LogP contribution >= 0.6 is 0 Å². The lowest BCUT2D eigenvalue weighted by molar-refractivity contribution is -0.384. The van der Waals surface area contributed by atoms with E-state index in [1.165, 1.54) is 12.1 Å². The lowest BCUT2D eigenvalue weighted by Crippen LogP contribution is -2.14. The Balaban J connectivity index is 2.44. The molecular weight excluding hydrogens is 252 g/mol. The van der Waals surface area contributed by atoms with Crippen molar-refractivity contribution in [2.75, 3.05) is 5.75 Å². The summed E-state index contributed by atoms with van der Waals surface area (Å²) in [5.74, 6) is 0.574. The first-order valence-corrected chi connectivity index (χ1v) is 7.21. The molecule has 2 unspecified atom stereocenters. The summed E-state index contributed by atoms with van der Waals surface area (Å²) in [6, 6.07) is 6.06. The van der Waals surface area contributed by atoms with Gasteiger partial charge in [-0.15, -0.1) is 0 Å². The molecule has 6 heteroatoms. The maximum absolute atomic E-state index is 11.9. The van der Waals surface area contributed by atoms with Crippen LogP contribution in [0.15, 0.2) is 29.2 Å². The van der Waals surface area contributed by atoms with Gasteiger partial charge in [0.15, 0.2) is 0 Å². The Kier molecular flexibility index (Phi) is 5.94. The maximum atomic E-state index is 11.9. The van der Waals surface area contributed by atoms with Crippen molar-refractivity contribution < 1.29 is 9.13 Å². The van der Waals surface area contributed by atoms with Crippen LogP contribution < -0.4 is 5.73 Å². The molecule has 100 valence electrons. The number of nitrogens with zero attached hydrogens (tertiary/aromatic N) is 1. The molecule has 0 aromatic heterocycles. The van der Waals surface area contributed by atoms with Crippen molar-refractivity contribution in [1.29, 1.82) is 0 Å². The first-order valence-electron chi connectivity index (χ1n) is 5.89. The summed E-state index contributed by atoms with van der Waals surface area (Å²) < 4.78 is 11.9. The second kappa shape index (κ2) is 7.23. The third-order valence-corrected chi connectivity index (χ3v) is 4.01. The van der Waals surface area contributed by atoms with E-state index < -0.39 is 15.7 Å². The van der Waals surface area contributed by atoms with E-state index in [-0.39, 0.29) is 11.7 Å². The minimum Gasteiger partial charge on any atom is -0.328 e. The minimum absolute atomic E-state index is 0.0210. The second-order valence-corrected chi connectivity index (χ2v) is 5.84. The average Bonchev–Trinajstić information content (AvgIpc) is 2.34. The molecule has 0 aliphatic rings. The van der Waals surface area contributed by atoms with Crippen LogP contribution in [0.1, 0.15) is 26.2 Å². The van der Waals surface area contributed by atoms with Crippen LogP contribution in [0.5, 0.6) is 0 Å². The van der Waals surface area contributed by atoms with Crippen LogP contribution in [0.2, 0.25) is 0 Å². The van der Waals surface area contributed by atoms with Gasteiger partial charge in [-0.2, -0.15) is 0 Å². The van der Waals surface area contributed by atoms with Gasteiger partial charge in [0.05, 0.1) is 15.7 Å². The summed E-state index contributed by atoms with van der Waals surface area (Å²) in [6.45, 7) is 1.95. The van der Waals surface area contributed by atoms with Crippen LogP contribution in [0, 0.1) is 10.1 Å². The number of hydrogen-bond acceptors (Lipinski definition) is 4. The topological polar surface area (TPSA) is 86.2 Å². The molecule has 0 saturated heterocycles. The van der Waals surface area contributed by atoms with Gasteiger partial charge in [0.2, 0.25) is 0 Å². The zero-order valence-corrected chi connectivity index (χ0v) is 11.2. The first-order chi connectivity index (χ1) is 8.50. The fourth-order valence-electron chi connectivity index (χ4n) is 1.54. The number of rotatable bonds is 7. The van der Waals surface area contributed by atoms with E-state index in [1.54, 1.807) is 12.1 Å². The van der Waals surface area contributed by atoms with Crippen LogP contribution in [0.4, 0.5) is 5.69 Å². The Morgan fingerprint density at radius 1 is 1.33 bits per heavy atom. The lowest BCUT2D eigenvalue weighted by Gasteiger charge is -2.04. The molecule has 0 spiro atoms. The molecule has 0 aliphatic carbocycles. The van der Waals surface area contributed by atoms with Gasteiger partial charge in [-0.1, -0.05) is 6.42 Å². The summed E-state index contributed by atoms with van der Waals surface area (Å²) in [5, 5.41) is 10.5. The summed E-state index contributed by atoms with van der Waals surface area (Å²) in [5.41, 5.74) is 5.65. The number of nitro benzene ring substituents is 1. The molecule has 1 aromatic rings. The highest BCUT2D eigenvalue weighted by atomic mass is 32.2. The van der Waals surface area contributed by atoms with Crippen molar-refractivity contribution in [3.05, 3.63) is 34.4 Å². The summed E-state index contributed by atoms with van der Waals surface area (Å²) >= 11 is 0. The van der Waals surface area contributed by atoms with Crippen molar-refractivity contribution in [1.82, 2.24) is 0 Å². The highest BCUT2D eigenvalue weighted by Gasteiger charge is 2.08. The third kappa shape index (κ3) is 4.93. The third-order valence-electron chi connectivity index (χ3n) is 2.55. The van der Waals surface area contributed by atoms with E-state index in [4.69, 9.17) is 5.73 Å². The van der Waals surface area contributed by atoms with E-state index >= 15 is 0 Å². The van der Waals surface area contributed by atoms with Crippen LogP contribution in [0.25, 0.3) is 0 Å². The largest absolute Gasteiger partial charge is 0.328 e. The Labute approximate surface area is 109 Å². The van der Waals surface area contributed by atoms with Crippen molar-refractivity contribution in [2.45, 2.75) is 37.1 Å². The quantitative estimate of drug-likeness (QED) is 0.467. The van der Waals surface area contributed by atoms with Gasteiger partial charge >= 0.3 is 0 Å². The van der Waals surface area contributed by atoms with Crippen molar-refractivity contribution in [2.24, 2.45) is 5.73 Å². The highest BCUT2D eigenvalue weighted by molar-refractivity contribution is 7.85. The SMILES string of the molecule is CC(N)CCCCS(=O)c1ccc([N+](=O)[O-])cc1. The smallest absolute Gasteiger partial charge is 0.269 e. The van der Waals surface area contributed by atoms with E-state index in [1.807, 2.05) is 6.92 Å². The normalized spacial score (nSPS) is 14.1. The molecule has 1 aromatic carbocycles. The molecule has 0 radical (unpaired) electrons. The summed E-state index contributed by atoms with van der Waals surface area (Å²) in [4.78, 5) is 10.7. The monoisotopic (exact) mass is 270 g/mol. The molecule has 2 atom stereocenters. The van der Waals surface area contributed by atoms with Gasteiger partial charge in [-0.25, -0.2) is 0 Å². The molecule has 2 N–H and O–H groups in total. The zero-order chi connectivity index (χ0) is 13.5. The van der Waals surface area contributed by atoms with E-state index in [0.717, 1.165) is 19.3 Å². The number of unbranched alkanes of at least 4 members (excludes halogenated alkanes) is 1. The van der Waals surface area contributed by atoms with E-state index in [9.17, 15) is 14.3 Å². The molecular formula is C12H18N2O3S. The Bertz CT molecular complexity index is 418. The summed E-state index contributed by atoms with van der Waals surface area (Å²) in [6.07, 6.45) is 2.74. The number of hydrogen-bond donors (Lipinski definition) is 1. The standard InChI is InChI=1S/C12H18N2O3S/c1-10(13)4-2-3-9-18(17)12-7-5-11(6-8-12)14(15)16/h5-8,10H,2-4,9,13H2,1H3. The molecule has 0 heterocycles. The Hall–Kier alpha value is -1.27. The summed E-state index contributed by atoms with van der Waals surface area (Å²) in [7, 11) is -1.08. The van der Waals surface area contributed by atoms with Crippen molar-refractivity contribution in [3.63, 3.8) is 0 Å². The number of nitro groups is 1. The van der Waals surface area contributed by atoms with Crippen molar-refractivity contribution >= 4 is 16.5 Å². The first kappa shape index (κ1) is 14.8. The van der Waals surface area contributed by atoms with Gasteiger partial charge in [0.1, 0.15) is 0 Å². The highest BCUT2D eigenvalue weighted by Crippen LogP contribution is 2.15. The predicted molar refractivity (Wildman–Crippen MR) is 71.9 cm³/mol. The van der Waals surface area contributed by atoms with E-state index in [0.29, 0.717) is 10.6 Å². The zero-order valence-electron chi connectivity index (χ0n) is 10.4. The molecule has 1 rings (SSSR count). The van der Waals surface area contributed by atoms with Crippen LogP contribution in [-0.2, 0) is 10.8 Å². The lowest BCUT2D eigenvalue weighted by atomic mass is 10.2. The van der Waals surface area contributed by atoms with Gasteiger partial charge in [0, 0.05) is 28.8 Å². The van der Waals surface area contributed by atoms with Gasteiger partial charge in [-0.3, -0.25) is 14.3 Å². The maximum Gasteiger partial charge on any atom is 0.269 e. The fraction of sp³-hybridized carbons (Fsp3) is 0.500. The Morgan fingerprint density at radius 2 is 1.94 bits per heavy atom. The molecule has 0 saturated carbocycles. The molecule has 18 heavy (non-hydrogen) atoms. The number of benzene rings is 1. The molecule has 0 aliphatic heterocycles.